The van der Waals surface area contributed by atoms with Crippen molar-refractivity contribution >= 4 is 5.69 Å². The SMILES string of the molecule is CCc1cccc(C)c1NCc1cc(OC)cc(OC)c1. The van der Waals surface area contributed by atoms with Gasteiger partial charge < -0.3 is 14.8 Å². The van der Waals surface area contributed by atoms with Crippen molar-refractivity contribution in [3.8, 4) is 11.5 Å². The van der Waals surface area contributed by atoms with Crippen molar-refractivity contribution < 1.29 is 9.47 Å². The van der Waals surface area contributed by atoms with Crippen molar-refractivity contribution in [1.82, 2.24) is 0 Å². The topological polar surface area (TPSA) is 30.5 Å². The molecule has 0 saturated carbocycles. The standard InChI is InChI=1S/C18H23NO2/c1-5-15-8-6-7-13(2)18(15)19-12-14-9-16(20-3)11-17(10-14)21-4/h6-11,19H,5,12H2,1-4H3. The van der Waals surface area contributed by atoms with Crippen LogP contribution in [0.2, 0.25) is 0 Å². The Bertz CT molecular complexity index is 586. The second kappa shape index (κ2) is 7.02. The average Bonchev–Trinajstić information content (AvgIpc) is 2.52. The minimum atomic E-state index is 0.741. The summed E-state index contributed by atoms with van der Waals surface area (Å²) in [7, 11) is 3.34. The number of nitrogens with one attached hydrogen (secondary N) is 1. The summed E-state index contributed by atoms with van der Waals surface area (Å²) in [5.41, 5.74) is 4.97. The summed E-state index contributed by atoms with van der Waals surface area (Å²) in [6.07, 6.45) is 1.02. The van der Waals surface area contributed by atoms with E-state index in [-0.39, 0.29) is 0 Å². The lowest BCUT2D eigenvalue weighted by Gasteiger charge is -2.15. The van der Waals surface area contributed by atoms with Crippen LogP contribution < -0.4 is 14.8 Å². The van der Waals surface area contributed by atoms with Crippen LogP contribution in [-0.2, 0) is 13.0 Å². The minimum absolute atomic E-state index is 0.741. The molecule has 0 spiro atoms. The second-order valence-corrected chi connectivity index (χ2v) is 5.04. The number of rotatable bonds is 6. The fourth-order valence-corrected chi connectivity index (χ4v) is 2.43. The highest BCUT2D eigenvalue weighted by Crippen LogP contribution is 2.25. The lowest BCUT2D eigenvalue weighted by molar-refractivity contribution is 0.393. The van der Waals surface area contributed by atoms with Crippen LogP contribution in [0.25, 0.3) is 0 Å². The molecular formula is C18H23NO2. The van der Waals surface area contributed by atoms with E-state index in [2.05, 4.69) is 37.4 Å². The third kappa shape index (κ3) is 3.69. The number of methoxy groups -OCH3 is 2. The number of aryl methyl sites for hydroxylation is 2. The van der Waals surface area contributed by atoms with Crippen LogP contribution in [-0.4, -0.2) is 14.2 Å². The number of anilines is 1. The van der Waals surface area contributed by atoms with Crippen molar-refractivity contribution in [2.75, 3.05) is 19.5 Å². The Labute approximate surface area is 126 Å². The first-order valence-electron chi connectivity index (χ1n) is 7.22. The highest BCUT2D eigenvalue weighted by atomic mass is 16.5. The number of ether oxygens (including phenoxy) is 2. The Morgan fingerprint density at radius 2 is 1.67 bits per heavy atom. The second-order valence-electron chi connectivity index (χ2n) is 5.04. The highest BCUT2D eigenvalue weighted by molar-refractivity contribution is 5.57. The molecule has 112 valence electrons. The molecule has 0 aliphatic rings. The van der Waals surface area contributed by atoms with Gasteiger partial charge in [-0.15, -0.1) is 0 Å². The molecule has 2 rings (SSSR count). The van der Waals surface area contributed by atoms with E-state index in [4.69, 9.17) is 9.47 Å². The molecule has 0 aliphatic carbocycles. The molecule has 0 amide bonds. The zero-order valence-corrected chi connectivity index (χ0v) is 13.2. The van der Waals surface area contributed by atoms with E-state index >= 15 is 0 Å². The molecule has 21 heavy (non-hydrogen) atoms. The van der Waals surface area contributed by atoms with Crippen LogP contribution in [0.3, 0.4) is 0 Å². The normalized spacial score (nSPS) is 10.3. The minimum Gasteiger partial charge on any atom is -0.497 e. The van der Waals surface area contributed by atoms with E-state index in [1.165, 1.54) is 16.8 Å². The fraction of sp³-hybridized carbons (Fsp3) is 0.333. The quantitative estimate of drug-likeness (QED) is 0.863. The molecule has 2 aromatic rings. The van der Waals surface area contributed by atoms with Gasteiger partial charge in [-0.1, -0.05) is 25.1 Å². The third-order valence-electron chi connectivity index (χ3n) is 3.62. The van der Waals surface area contributed by atoms with E-state index in [1.54, 1.807) is 14.2 Å². The molecule has 0 saturated heterocycles. The molecule has 0 fully saturated rings. The van der Waals surface area contributed by atoms with Crippen LogP contribution >= 0.6 is 0 Å². The van der Waals surface area contributed by atoms with Gasteiger partial charge in [-0.2, -0.15) is 0 Å². The number of hydrogen-bond acceptors (Lipinski definition) is 3. The van der Waals surface area contributed by atoms with E-state index in [9.17, 15) is 0 Å². The fourth-order valence-electron chi connectivity index (χ4n) is 2.43. The monoisotopic (exact) mass is 285 g/mol. The number of benzene rings is 2. The van der Waals surface area contributed by atoms with E-state index < -0.39 is 0 Å². The van der Waals surface area contributed by atoms with Gasteiger partial charge in [0.05, 0.1) is 14.2 Å². The molecule has 0 aromatic heterocycles. The van der Waals surface area contributed by atoms with Gasteiger partial charge >= 0.3 is 0 Å². The molecule has 0 heterocycles. The molecule has 1 N–H and O–H groups in total. The molecular weight excluding hydrogens is 262 g/mol. The average molecular weight is 285 g/mol. The molecule has 0 aliphatic heterocycles. The maximum absolute atomic E-state index is 5.31. The van der Waals surface area contributed by atoms with Crippen LogP contribution in [0.15, 0.2) is 36.4 Å². The Morgan fingerprint density at radius 1 is 1.00 bits per heavy atom. The maximum atomic E-state index is 5.31. The third-order valence-corrected chi connectivity index (χ3v) is 3.62. The van der Waals surface area contributed by atoms with Gasteiger partial charge in [0.15, 0.2) is 0 Å². The van der Waals surface area contributed by atoms with Crippen molar-refractivity contribution in [1.29, 1.82) is 0 Å². The summed E-state index contributed by atoms with van der Waals surface area (Å²) in [6, 6.07) is 12.3. The van der Waals surface area contributed by atoms with E-state index in [0.29, 0.717) is 0 Å². The highest BCUT2D eigenvalue weighted by Gasteiger charge is 2.06. The maximum Gasteiger partial charge on any atom is 0.122 e. The van der Waals surface area contributed by atoms with Crippen molar-refractivity contribution in [2.24, 2.45) is 0 Å². The summed E-state index contributed by atoms with van der Waals surface area (Å²) >= 11 is 0. The van der Waals surface area contributed by atoms with E-state index in [1.807, 2.05) is 18.2 Å². The van der Waals surface area contributed by atoms with Crippen LogP contribution in [0.4, 0.5) is 5.69 Å². The Hall–Kier alpha value is -2.16. The zero-order chi connectivity index (χ0) is 15.2. The zero-order valence-electron chi connectivity index (χ0n) is 13.2. The molecule has 0 radical (unpaired) electrons. The number of para-hydroxylation sites is 1. The summed E-state index contributed by atoms with van der Waals surface area (Å²) in [6.45, 7) is 5.05. The van der Waals surface area contributed by atoms with Gasteiger partial charge in [0.25, 0.3) is 0 Å². The molecule has 3 heteroatoms. The van der Waals surface area contributed by atoms with Crippen LogP contribution in [0, 0.1) is 6.92 Å². The first kappa shape index (κ1) is 15.2. The molecule has 0 unspecified atom stereocenters. The van der Waals surface area contributed by atoms with Gasteiger partial charge in [0.2, 0.25) is 0 Å². The number of hydrogen-bond donors (Lipinski definition) is 1. The van der Waals surface area contributed by atoms with Gasteiger partial charge in [0.1, 0.15) is 11.5 Å². The lowest BCUT2D eigenvalue weighted by Crippen LogP contribution is -2.04. The Balaban J connectivity index is 2.20. The first-order valence-corrected chi connectivity index (χ1v) is 7.22. The molecule has 2 aromatic carbocycles. The van der Waals surface area contributed by atoms with Crippen LogP contribution in [0.1, 0.15) is 23.6 Å². The molecule has 0 bridgehead atoms. The first-order chi connectivity index (χ1) is 10.2. The van der Waals surface area contributed by atoms with E-state index in [0.717, 1.165) is 30.0 Å². The van der Waals surface area contributed by atoms with Crippen molar-refractivity contribution in [3.05, 3.63) is 53.1 Å². The predicted molar refractivity (Wildman–Crippen MR) is 87.4 cm³/mol. The largest absolute Gasteiger partial charge is 0.497 e. The van der Waals surface area contributed by atoms with Gasteiger partial charge in [-0.3, -0.25) is 0 Å². The summed E-state index contributed by atoms with van der Waals surface area (Å²) in [4.78, 5) is 0. The summed E-state index contributed by atoms with van der Waals surface area (Å²) in [5, 5.41) is 3.54. The van der Waals surface area contributed by atoms with Gasteiger partial charge in [-0.05, 0) is 42.2 Å². The Morgan fingerprint density at radius 3 is 2.24 bits per heavy atom. The summed E-state index contributed by atoms with van der Waals surface area (Å²) in [5.74, 6) is 1.62. The molecule has 3 nitrogen and oxygen atoms in total. The molecule has 0 atom stereocenters. The van der Waals surface area contributed by atoms with Crippen molar-refractivity contribution in [2.45, 2.75) is 26.8 Å². The van der Waals surface area contributed by atoms with Crippen molar-refractivity contribution in [3.63, 3.8) is 0 Å². The predicted octanol–water partition coefficient (Wildman–Crippen LogP) is 4.19. The smallest absolute Gasteiger partial charge is 0.122 e. The van der Waals surface area contributed by atoms with Gasteiger partial charge in [0, 0.05) is 18.3 Å². The van der Waals surface area contributed by atoms with Gasteiger partial charge in [-0.25, -0.2) is 0 Å². The summed E-state index contributed by atoms with van der Waals surface area (Å²) < 4.78 is 10.6. The Kier molecular flexibility index (Phi) is 5.09. The van der Waals surface area contributed by atoms with Crippen LogP contribution in [0.5, 0.6) is 11.5 Å². The lowest BCUT2D eigenvalue weighted by atomic mass is 10.1.